The van der Waals surface area contributed by atoms with Crippen LogP contribution < -0.4 is 11.1 Å². The van der Waals surface area contributed by atoms with E-state index in [1.165, 1.54) is 25.9 Å². The van der Waals surface area contributed by atoms with Crippen molar-refractivity contribution in [3.8, 4) is 0 Å². The Bertz CT molecular complexity index is 370. The van der Waals surface area contributed by atoms with Gasteiger partial charge in [-0.05, 0) is 37.9 Å². The van der Waals surface area contributed by atoms with Crippen LogP contribution in [-0.2, 0) is 0 Å². The Morgan fingerprint density at radius 1 is 1.47 bits per heavy atom. The molecule has 4 heteroatoms. The van der Waals surface area contributed by atoms with Gasteiger partial charge in [-0.3, -0.25) is 0 Å². The van der Waals surface area contributed by atoms with E-state index < -0.39 is 0 Å². The van der Waals surface area contributed by atoms with E-state index in [2.05, 4.69) is 22.1 Å². The van der Waals surface area contributed by atoms with Crippen molar-refractivity contribution in [1.29, 1.82) is 0 Å². The van der Waals surface area contributed by atoms with E-state index in [0.717, 1.165) is 23.6 Å². The van der Waals surface area contributed by atoms with E-state index >= 15 is 0 Å². The standard InChI is InChI=1S/C13H22N4/c1-3-17-6-4-11(5-7-17)16-13-12(14)8-10(2)9-15-13/h8-9,11H,3-7,14H2,1-2H3,(H,15,16). The van der Waals surface area contributed by atoms with Crippen molar-refractivity contribution < 1.29 is 0 Å². The highest BCUT2D eigenvalue weighted by molar-refractivity contribution is 5.62. The number of aromatic nitrogens is 1. The van der Waals surface area contributed by atoms with Gasteiger partial charge < -0.3 is 16.0 Å². The minimum atomic E-state index is 0.510. The maximum atomic E-state index is 5.96. The number of anilines is 2. The summed E-state index contributed by atoms with van der Waals surface area (Å²) in [5.74, 6) is 0.838. The molecule has 2 rings (SSSR count). The number of aryl methyl sites for hydroxylation is 1. The van der Waals surface area contributed by atoms with Gasteiger partial charge in [0.15, 0.2) is 0 Å². The summed E-state index contributed by atoms with van der Waals surface area (Å²) in [6.07, 6.45) is 4.20. The molecule has 0 amide bonds. The fourth-order valence-corrected chi connectivity index (χ4v) is 2.30. The fraction of sp³-hybridized carbons (Fsp3) is 0.615. The van der Waals surface area contributed by atoms with Crippen molar-refractivity contribution in [3.63, 3.8) is 0 Å². The summed E-state index contributed by atoms with van der Waals surface area (Å²) >= 11 is 0. The first-order valence-corrected chi connectivity index (χ1v) is 6.40. The van der Waals surface area contributed by atoms with Crippen LogP contribution in [0.2, 0.25) is 0 Å². The van der Waals surface area contributed by atoms with Crippen molar-refractivity contribution in [2.45, 2.75) is 32.7 Å². The lowest BCUT2D eigenvalue weighted by atomic mass is 10.1. The minimum absolute atomic E-state index is 0.510. The first-order valence-electron chi connectivity index (χ1n) is 6.40. The molecular weight excluding hydrogens is 212 g/mol. The monoisotopic (exact) mass is 234 g/mol. The number of nitrogen functional groups attached to an aromatic ring is 1. The number of hydrogen-bond acceptors (Lipinski definition) is 4. The van der Waals surface area contributed by atoms with Gasteiger partial charge in [-0.1, -0.05) is 6.92 Å². The number of piperidine rings is 1. The summed E-state index contributed by atoms with van der Waals surface area (Å²) in [5, 5.41) is 3.46. The lowest BCUT2D eigenvalue weighted by Gasteiger charge is -2.31. The highest BCUT2D eigenvalue weighted by Crippen LogP contribution is 2.20. The Morgan fingerprint density at radius 3 is 2.76 bits per heavy atom. The van der Waals surface area contributed by atoms with Crippen LogP contribution in [0.3, 0.4) is 0 Å². The van der Waals surface area contributed by atoms with E-state index in [-0.39, 0.29) is 0 Å². The topological polar surface area (TPSA) is 54.2 Å². The molecule has 4 nitrogen and oxygen atoms in total. The lowest BCUT2D eigenvalue weighted by Crippen LogP contribution is -2.39. The predicted octanol–water partition coefficient (Wildman–Crippen LogP) is 1.87. The Balaban J connectivity index is 1.93. The second kappa shape index (κ2) is 5.36. The highest BCUT2D eigenvalue weighted by Gasteiger charge is 2.18. The number of nitrogens with zero attached hydrogens (tertiary/aromatic N) is 2. The summed E-state index contributed by atoms with van der Waals surface area (Å²) in [4.78, 5) is 6.84. The molecule has 1 fully saturated rings. The Labute approximate surface area is 103 Å². The normalized spacial score (nSPS) is 18.2. The van der Waals surface area contributed by atoms with Gasteiger partial charge in [0.05, 0.1) is 5.69 Å². The van der Waals surface area contributed by atoms with Gasteiger partial charge in [0.1, 0.15) is 5.82 Å². The minimum Gasteiger partial charge on any atom is -0.396 e. The molecule has 1 aromatic heterocycles. The fourth-order valence-electron chi connectivity index (χ4n) is 2.30. The molecular formula is C13H22N4. The van der Waals surface area contributed by atoms with Gasteiger partial charge in [0.25, 0.3) is 0 Å². The highest BCUT2D eigenvalue weighted by atomic mass is 15.1. The quantitative estimate of drug-likeness (QED) is 0.838. The van der Waals surface area contributed by atoms with E-state index in [4.69, 9.17) is 5.73 Å². The van der Waals surface area contributed by atoms with Crippen LogP contribution in [-0.4, -0.2) is 35.6 Å². The third-order valence-electron chi connectivity index (χ3n) is 3.43. The SMILES string of the molecule is CCN1CCC(Nc2ncc(C)cc2N)CC1. The number of nitrogens with one attached hydrogen (secondary N) is 1. The van der Waals surface area contributed by atoms with Crippen LogP contribution in [0, 0.1) is 6.92 Å². The lowest BCUT2D eigenvalue weighted by molar-refractivity contribution is 0.229. The average Bonchev–Trinajstić information content (AvgIpc) is 2.34. The van der Waals surface area contributed by atoms with Crippen molar-refractivity contribution in [1.82, 2.24) is 9.88 Å². The average molecular weight is 234 g/mol. The molecule has 0 unspecified atom stereocenters. The second-order valence-electron chi connectivity index (χ2n) is 4.80. The number of hydrogen-bond donors (Lipinski definition) is 2. The van der Waals surface area contributed by atoms with Crippen LogP contribution in [0.1, 0.15) is 25.3 Å². The zero-order valence-electron chi connectivity index (χ0n) is 10.7. The van der Waals surface area contributed by atoms with E-state index in [9.17, 15) is 0 Å². The Kier molecular flexibility index (Phi) is 3.84. The molecule has 94 valence electrons. The molecule has 0 aliphatic carbocycles. The first-order chi connectivity index (χ1) is 8.19. The number of pyridine rings is 1. The van der Waals surface area contributed by atoms with Crippen LogP contribution in [0.25, 0.3) is 0 Å². The largest absolute Gasteiger partial charge is 0.396 e. The molecule has 1 saturated heterocycles. The van der Waals surface area contributed by atoms with Crippen LogP contribution >= 0.6 is 0 Å². The molecule has 17 heavy (non-hydrogen) atoms. The molecule has 0 saturated carbocycles. The summed E-state index contributed by atoms with van der Waals surface area (Å²) in [6.45, 7) is 7.71. The zero-order valence-corrected chi connectivity index (χ0v) is 10.7. The molecule has 2 heterocycles. The summed E-state index contributed by atoms with van der Waals surface area (Å²) in [6, 6.07) is 2.48. The molecule has 0 spiro atoms. The van der Waals surface area contributed by atoms with Crippen molar-refractivity contribution in [3.05, 3.63) is 17.8 Å². The molecule has 1 aromatic rings. The molecule has 0 aromatic carbocycles. The smallest absolute Gasteiger partial charge is 0.149 e. The number of nitrogens with two attached hydrogens (primary N) is 1. The number of likely N-dealkylation sites (tertiary alicyclic amines) is 1. The summed E-state index contributed by atoms with van der Waals surface area (Å²) < 4.78 is 0. The third-order valence-corrected chi connectivity index (χ3v) is 3.43. The Hall–Kier alpha value is -1.29. The van der Waals surface area contributed by atoms with Crippen LogP contribution in [0.5, 0.6) is 0 Å². The maximum absolute atomic E-state index is 5.96. The van der Waals surface area contributed by atoms with Crippen molar-refractivity contribution >= 4 is 11.5 Å². The first kappa shape index (κ1) is 12.2. The van der Waals surface area contributed by atoms with Gasteiger partial charge in [0, 0.05) is 25.3 Å². The van der Waals surface area contributed by atoms with E-state index in [1.54, 1.807) is 0 Å². The molecule has 0 atom stereocenters. The van der Waals surface area contributed by atoms with Gasteiger partial charge in [-0.2, -0.15) is 0 Å². The predicted molar refractivity (Wildman–Crippen MR) is 72.1 cm³/mol. The van der Waals surface area contributed by atoms with Gasteiger partial charge in [-0.15, -0.1) is 0 Å². The van der Waals surface area contributed by atoms with E-state index in [1.807, 2.05) is 19.2 Å². The molecule has 3 N–H and O–H groups in total. The summed E-state index contributed by atoms with van der Waals surface area (Å²) in [5.41, 5.74) is 7.81. The zero-order chi connectivity index (χ0) is 12.3. The van der Waals surface area contributed by atoms with Gasteiger partial charge in [0.2, 0.25) is 0 Å². The second-order valence-corrected chi connectivity index (χ2v) is 4.80. The number of rotatable bonds is 3. The molecule has 0 radical (unpaired) electrons. The van der Waals surface area contributed by atoms with Crippen LogP contribution in [0.15, 0.2) is 12.3 Å². The molecule has 1 aliphatic rings. The Morgan fingerprint density at radius 2 is 2.18 bits per heavy atom. The van der Waals surface area contributed by atoms with Gasteiger partial charge >= 0.3 is 0 Å². The molecule has 1 aliphatic heterocycles. The molecule has 0 bridgehead atoms. The maximum Gasteiger partial charge on any atom is 0.149 e. The van der Waals surface area contributed by atoms with Crippen molar-refractivity contribution in [2.75, 3.05) is 30.7 Å². The van der Waals surface area contributed by atoms with Crippen LogP contribution in [0.4, 0.5) is 11.5 Å². The summed E-state index contributed by atoms with van der Waals surface area (Å²) in [7, 11) is 0. The van der Waals surface area contributed by atoms with Crippen molar-refractivity contribution in [2.24, 2.45) is 0 Å². The van der Waals surface area contributed by atoms with E-state index in [0.29, 0.717) is 6.04 Å². The van der Waals surface area contributed by atoms with Gasteiger partial charge in [-0.25, -0.2) is 4.98 Å². The third kappa shape index (κ3) is 3.09.